The third kappa shape index (κ3) is 1.34. The van der Waals surface area contributed by atoms with Crippen LogP contribution in [-0.2, 0) is 0 Å². The summed E-state index contributed by atoms with van der Waals surface area (Å²) in [6.45, 7) is 0. The molecule has 1 heterocycles. The van der Waals surface area contributed by atoms with Crippen LogP contribution in [0.4, 0.5) is 5.82 Å². The Bertz CT molecular complexity index is 368. The molecule has 1 saturated carbocycles. The highest BCUT2D eigenvalue weighted by Gasteiger charge is 2.27. The van der Waals surface area contributed by atoms with Crippen LogP contribution in [0, 0.1) is 4.64 Å². The number of nitrogen functional groups attached to an aromatic ring is 1. The third-order valence-corrected chi connectivity index (χ3v) is 2.66. The maximum Gasteiger partial charge on any atom is 0.109 e. The number of H-pyrrole nitrogens is 1. The zero-order valence-electron chi connectivity index (χ0n) is 6.43. The van der Waals surface area contributed by atoms with Crippen molar-refractivity contribution in [2.24, 2.45) is 0 Å². The Labute approximate surface area is 80.7 Å². The van der Waals surface area contributed by atoms with Gasteiger partial charge in [-0.15, -0.1) is 0 Å². The van der Waals surface area contributed by atoms with E-state index in [1.54, 1.807) is 6.07 Å². The van der Waals surface area contributed by atoms with E-state index in [0.717, 1.165) is 5.56 Å². The molecule has 0 atom stereocenters. The fourth-order valence-corrected chi connectivity index (χ4v) is 2.13. The monoisotopic (exact) mass is 200 g/mol. The molecule has 0 spiro atoms. The first-order chi connectivity index (χ1) is 5.68. The van der Waals surface area contributed by atoms with Crippen molar-refractivity contribution in [1.29, 1.82) is 0 Å². The molecule has 0 amide bonds. The van der Waals surface area contributed by atoms with Gasteiger partial charge in [0.05, 0.1) is 5.02 Å². The maximum absolute atomic E-state index is 6.00. The quantitative estimate of drug-likeness (QED) is 0.685. The summed E-state index contributed by atoms with van der Waals surface area (Å²) in [6.07, 6.45) is 2.39. The number of rotatable bonds is 1. The van der Waals surface area contributed by atoms with Gasteiger partial charge in [-0.3, -0.25) is 0 Å². The number of nitrogens with two attached hydrogens (primary N) is 1. The average Bonchev–Trinajstić information content (AvgIpc) is 2.68. The van der Waals surface area contributed by atoms with E-state index in [0.29, 0.717) is 21.4 Å². The molecule has 1 fully saturated rings. The largest absolute Gasteiger partial charge is 0.385 e. The summed E-state index contributed by atoms with van der Waals surface area (Å²) in [5.41, 5.74) is 6.61. The highest BCUT2D eigenvalue weighted by Crippen LogP contribution is 2.43. The first-order valence-electron chi connectivity index (χ1n) is 3.86. The van der Waals surface area contributed by atoms with E-state index in [9.17, 15) is 0 Å². The molecule has 0 saturated heterocycles. The third-order valence-electron chi connectivity index (χ3n) is 2.03. The van der Waals surface area contributed by atoms with Crippen molar-refractivity contribution in [3.63, 3.8) is 0 Å². The van der Waals surface area contributed by atoms with Gasteiger partial charge in [0.1, 0.15) is 10.5 Å². The van der Waals surface area contributed by atoms with E-state index >= 15 is 0 Å². The van der Waals surface area contributed by atoms with Crippen molar-refractivity contribution in [3.05, 3.63) is 21.3 Å². The molecule has 1 aliphatic carbocycles. The summed E-state index contributed by atoms with van der Waals surface area (Å²) in [5, 5.41) is 0.707. The number of halogens is 1. The van der Waals surface area contributed by atoms with E-state index in [2.05, 4.69) is 4.98 Å². The second-order valence-electron chi connectivity index (χ2n) is 3.09. The minimum absolute atomic E-state index is 0.536. The molecular weight excluding hydrogens is 192 g/mol. The molecule has 4 heteroatoms. The van der Waals surface area contributed by atoms with Gasteiger partial charge < -0.3 is 10.7 Å². The van der Waals surface area contributed by atoms with E-state index in [4.69, 9.17) is 29.6 Å². The van der Waals surface area contributed by atoms with E-state index in [1.165, 1.54) is 12.8 Å². The SMILES string of the molecule is Nc1cc(Cl)c(C2CC2)c(=S)[nH]1. The van der Waals surface area contributed by atoms with Crippen LogP contribution >= 0.6 is 23.8 Å². The predicted molar refractivity (Wildman–Crippen MR) is 53.0 cm³/mol. The zero-order valence-corrected chi connectivity index (χ0v) is 8.00. The summed E-state index contributed by atoms with van der Waals surface area (Å²) in [6, 6.07) is 1.73. The number of nitrogens with one attached hydrogen (secondary N) is 1. The molecule has 0 aromatic carbocycles. The minimum Gasteiger partial charge on any atom is -0.385 e. The molecular formula is C8H9ClN2S. The maximum atomic E-state index is 6.00. The molecule has 12 heavy (non-hydrogen) atoms. The van der Waals surface area contributed by atoms with Gasteiger partial charge in [-0.1, -0.05) is 23.8 Å². The molecule has 1 aromatic rings. The molecule has 0 radical (unpaired) electrons. The van der Waals surface area contributed by atoms with Crippen LogP contribution in [0.3, 0.4) is 0 Å². The van der Waals surface area contributed by atoms with Crippen molar-refractivity contribution in [2.75, 3.05) is 5.73 Å². The number of pyridine rings is 1. The van der Waals surface area contributed by atoms with E-state index in [1.807, 2.05) is 0 Å². The Morgan fingerprint density at radius 3 is 2.75 bits per heavy atom. The second-order valence-corrected chi connectivity index (χ2v) is 3.91. The highest BCUT2D eigenvalue weighted by molar-refractivity contribution is 7.71. The first kappa shape index (κ1) is 8.08. The fraction of sp³-hybridized carbons (Fsp3) is 0.375. The lowest BCUT2D eigenvalue weighted by atomic mass is 10.2. The van der Waals surface area contributed by atoms with Crippen molar-refractivity contribution >= 4 is 29.6 Å². The van der Waals surface area contributed by atoms with Gasteiger partial charge in [0.2, 0.25) is 0 Å². The van der Waals surface area contributed by atoms with Gasteiger partial charge in [-0.05, 0) is 24.8 Å². The Hall–Kier alpha value is -0.540. The summed E-state index contributed by atoms with van der Waals surface area (Å²) >= 11 is 11.1. The standard InChI is InChI=1S/C8H9ClN2S/c9-5-3-6(10)11-8(12)7(5)4-1-2-4/h3-4H,1-2H2,(H3,10,11,12). The molecule has 1 aromatic heterocycles. The molecule has 64 valence electrons. The topological polar surface area (TPSA) is 41.8 Å². The fourth-order valence-electron chi connectivity index (χ4n) is 1.31. The van der Waals surface area contributed by atoms with Crippen LogP contribution in [0.1, 0.15) is 24.3 Å². The number of aromatic amines is 1. The average molecular weight is 201 g/mol. The van der Waals surface area contributed by atoms with Crippen molar-refractivity contribution in [1.82, 2.24) is 4.98 Å². The molecule has 0 bridgehead atoms. The van der Waals surface area contributed by atoms with Crippen LogP contribution in [0.25, 0.3) is 0 Å². The summed E-state index contributed by atoms with van der Waals surface area (Å²) in [7, 11) is 0. The Kier molecular flexibility index (Phi) is 1.85. The summed E-state index contributed by atoms with van der Waals surface area (Å²) in [4.78, 5) is 2.91. The van der Waals surface area contributed by atoms with Crippen LogP contribution < -0.4 is 5.73 Å². The number of hydrogen-bond acceptors (Lipinski definition) is 2. The Balaban J connectivity index is 2.59. The Morgan fingerprint density at radius 1 is 1.58 bits per heavy atom. The van der Waals surface area contributed by atoms with Crippen LogP contribution in [-0.4, -0.2) is 4.98 Å². The number of hydrogen-bond donors (Lipinski definition) is 2. The van der Waals surface area contributed by atoms with Crippen LogP contribution in [0.5, 0.6) is 0 Å². The molecule has 2 nitrogen and oxygen atoms in total. The van der Waals surface area contributed by atoms with Crippen molar-refractivity contribution in [2.45, 2.75) is 18.8 Å². The van der Waals surface area contributed by atoms with Crippen LogP contribution in [0.2, 0.25) is 5.02 Å². The molecule has 3 N–H and O–H groups in total. The molecule has 0 aliphatic heterocycles. The summed E-state index contributed by atoms with van der Waals surface area (Å²) < 4.78 is 0.697. The number of aromatic nitrogens is 1. The van der Waals surface area contributed by atoms with Crippen molar-refractivity contribution in [3.8, 4) is 0 Å². The zero-order chi connectivity index (χ0) is 8.72. The van der Waals surface area contributed by atoms with Gasteiger partial charge in [0.15, 0.2) is 0 Å². The van der Waals surface area contributed by atoms with Gasteiger partial charge in [0.25, 0.3) is 0 Å². The summed E-state index contributed by atoms with van der Waals surface area (Å²) in [5.74, 6) is 1.11. The lowest BCUT2D eigenvalue weighted by Gasteiger charge is -2.03. The van der Waals surface area contributed by atoms with Crippen molar-refractivity contribution < 1.29 is 0 Å². The lowest BCUT2D eigenvalue weighted by Crippen LogP contribution is -1.94. The predicted octanol–water partition coefficient (Wildman–Crippen LogP) is 2.86. The lowest BCUT2D eigenvalue weighted by molar-refractivity contribution is 1.08. The van der Waals surface area contributed by atoms with E-state index in [-0.39, 0.29) is 0 Å². The molecule has 0 unspecified atom stereocenters. The molecule has 1 aliphatic rings. The Morgan fingerprint density at radius 2 is 2.25 bits per heavy atom. The smallest absolute Gasteiger partial charge is 0.109 e. The minimum atomic E-state index is 0.536. The normalized spacial score (nSPS) is 16.4. The van der Waals surface area contributed by atoms with Gasteiger partial charge in [-0.2, -0.15) is 0 Å². The second kappa shape index (κ2) is 2.75. The highest BCUT2D eigenvalue weighted by atomic mass is 35.5. The first-order valence-corrected chi connectivity index (χ1v) is 4.65. The van der Waals surface area contributed by atoms with E-state index < -0.39 is 0 Å². The number of anilines is 1. The van der Waals surface area contributed by atoms with Gasteiger partial charge in [-0.25, -0.2) is 0 Å². The van der Waals surface area contributed by atoms with Crippen LogP contribution in [0.15, 0.2) is 6.07 Å². The van der Waals surface area contributed by atoms with Gasteiger partial charge in [0, 0.05) is 5.56 Å². The molecule has 2 rings (SSSR count). The van der Waals surface area contributed by atoms with Gasteiger partial charge >= 0.3 is 0 Å².